The van der Waals surface area contributed by atoms with E-state index in [0.717, 1.165) is 30.0 Å². The maximum atomic E-state index is 13.6. The molecule has 1 aromatic carbocycles. The Morgan fingerprint density at radius 2 is 1.94 bits per heavy atom. The summed E-state index contributed by atoms with van der Waals surface area (Å²) in [7, 11) is 0. The van der Waals surface area contributed by atoms with E-state index in [9.17, 15) is 13.6 Å². The van der Waals surface area contributed by atoms with Crippen LogP contribution in [0.25, 0.3) is 0 Å². The fraction of sp³-hybridized carbons (Fsp3) is 0.435. The van der Waals surface area contributed by atoms with Crippen molar-refractivity contribution in [1.82, 2.24) is 24.9 Å². The number of hydrogen-bond donors (Lipinski definition) is 1. The normalized spacial score (nSPS) is 16.8. The van der Waals surface area contributed by atoms with Gasteiger partial charge in [0.2, 0.25) is 0 Å². The number of fused-ring (bicyclic) bond motifs is 1. The Bertz CT molecular complexity index is 1220. The van der Waals surface area contributed by atoms with Gasteiger partial charge in [0.15, 0.2) is 0 Å². The van der Waals surface area contributed by atoms with Crippen molar-refractivity contribution in [2.45, 2.75) is 32.5 Å². The summed E-state index contributed by atoms with van der Waals surface area (Å²) >= 11 is 6.27. The zero-order valence-electron chi connectivity index (χ0n) is 18.5. The highest BCUT2D eigenvalue weighted by atomic mass is 35.5. The first-order valence-electron chi connectivity index (χ1n) is 11.2. The van der Waals surface area contributed by atoms with Crippen LogP contribution in [0.5, 0.6) is 0 Å². The van der Waals surface area contributed by atoms with E-state index < -0.39 is 12.0 Å². The molecule has 2 aliphatic heterocycles. The molecule has 3 aromatic rings. The van der Waals surface area contributed by atoms with E-state index in [2.05, 4.69) is 15.1 Å². The van der Waals surface area contributed by atoms with E-state index in [1.165, 1.54) is 6.07 Å². The van der Waals surface area contributed by atoms with Gasteiger partial charge < -0.3 is 9.64 Å². The van der Waals surface area contributed by atoms with E-state index in [1.807, 2.05) is 9.58 Å². The van der Waals surface area contributed by atoms with Gasteiger partial charge in [0.25, 0.3) is 12.0 Å². The zero-order chi connectivity index (χ0) is 23.7. The van der Waals surface area contributed by atoms with Gasteiger partial charge in [-0.3, -0.25) is 14.4 Å². The predicted molar refractivity (Wildman–Crippen MR) is 123 cm³/mol. The van der Waals surface area contributed by atoms with Gasteiger partial charge in [0.1, 0.15) is 5.02 Å². The van der Waals surface area contributed by atoms with Crippen LogP contribution in [0.15, 0.2) is 35.3 Å². The van der Waals surface area contributed by atoms with Crippen LogP contribution in [0.4, 0.5) is 14.5 Å². The summed E-state index contributed by atoms with van der Waals surface area (Å²) in [6.07, 6.45) is -0.345. The van der Waals surface area contributed by atoms with Crippen molar-refractivity contribution in [2.75, 3.05) is 37.7 Å². The van der Waals surface area contributed by atoms with Crippen LogP contribution >= 0.6 is 11.6 Å². The number of nitrogens with zero attached hydrogens (tertiary/aromatic N) is 5. The second kappa shape index (κ2) is 9.81. The van der Waals surface area contributed by atoms with Crippen LogP contribution in [0.2, 0.25) is 5.02 Å². The third-order valence-electron chi connectivity index (χ3n) is 6.42. The number of H-pyrrole nitrogens is 1. The number of alkyl halides is 2. The molecule has 1 fully saturated rings. The summed E-state index contributed by atoms with van der Waals surface area (Å²) < 4.78 is 34.5. The number of nitrogens with one attached hydrogen (secondary N) is 1. The van der Waals surface area contributed by atoms with E-state index in [-0.39, 0.29) is 17.1 Å². The van der Waals surface area contributed by atoms with Crippen molar-refractivity contribution >= 4 is 17.3 Å². The number of aromatic amines is 1. The number of morpholine rings is 1. The van der Waals surface area contributed by atoms with Crippen molar-refractivity contribution in [3.05, 3.63) is 73.9 Å². The van der Waals surface area contributed by atoms with Crippen molar-refractivity contribution in [3.8, 4) is 0 Å². The van der Waals surface area contributed by atoms with E-state index in [0.29, 0.717) is 50.5 Å². The highest BCUT2D eigenvalue weighted by molar-refractivity contribution is 6.33. The van der Waals surface area contributed by atoms with Crippen LogP contribution in [0.1, 0.15) is 34.5 Å². The van der Waals surface area contributed by atoms with Crippen molar-refractivity contribution in [1.29, 1.82) is 0 Å². The molecule has 0 atom stereocenters. The van der Waals surface area contributed by atoms with E-state index in [1.54, 1.807) is 24.4 Å². The summed E-state index contributed by atoms with van der Waals surface area (Å²) in [4.78, 5) is 16.3. The molecule has 0 unspecified atom stereocenters. The van der Waals surface area contributed by atoms with Crippen LogP contribution < -0.4 is 10.5 Å². The molecule has 0 aliphatic carbocycles. The Balaban J connectivity index is 1.50. The molecule has 8 nitrogen and oxygen atoms in total. The lowest BCUT2D eigenvalue weighted by atomic mass is 10.0. The molecule has 0 spiro atoms. The minimum absolute atomic E-state index is 0.0280. The van der Waals surface area contributed by atoms with Crippen molar-refractivity contribution in [3.63, 3.8) is 0 Å². The van der Waals surface area contributed by atoms with Crippen LogP contribution in [0, 0.1) is 0 Å². The maximum absolute atomic E-state index is 13.6. The minimum Gasteiger partial charge on any atom is -0.379 e. The molecule has 0 saturated carbocycles. The van der Waals surface area contributed by atoms with Gasteiger partial charge in [0, 0.05) is 56.0 Å². The molecule has 2 aromatic heterocycles. The summed E-state index contributed by atoms with van der Waals surface area (Å²) in [6.45, 7) is 5.00. The Labute approximate surface area is 200 Å². The molecule has 4 heterocycles. The zero-order valence-corrected chi connectivity index (χ0v) is 19.3. The molecule has 0 amide bonds. The Morgan fingerprint density at radius 3 is 2.74 bits per heavy atom. The average molecular weight is 491 g/mol. The standard InChI is InChI=1S/C23H25ClF2N6O2/c24-21-20(11-27-28-23(21)33)31-6-5-19-17(13-31)18(14-30-7-9-34-10-8-30)29-32(19)12-15-3-1-2-4-16(15)22(25)26/h1-4,11,22H,5-10,12-14H2,(H,28,33). The molecule has 1 saturated heterocycles. The monoisotopic (exact) mass is 490 g/mol. The molecule has 5 rings (SSSR count). The summed E-state index contributed by atoms with van der Waals surface area (Å²) in [6, 6.07) is 6.60. The van der Waals surface area contributed by atoms with Crippen molar-refractivity contribution in [2.24, 2.45) is 0 Å². The number of aromatic nitrogens is 4. The van der Waals surface area contributed by atoms with Crippen LogP contribution in [-0.2, 0) is 30.8 Å². The van der Waals surface area contributed by atoms with Gasteiger partial charge in [-0.15, -0.1) is 0 Å². The summed E-state index contributed by atoms with van der Waals surface area (Å²) in [5.41, 5.74) is 3.71. The first-order chi connectivity index (χ1) is 16.5. The number of ether oxygens (including phenoxy) is 1. The topological polar surface area (TPSA) is 79.3 Å². The lowest BCUT2D eigenvalue weighted by Crippen LogP contribution is -2.37. The first kappa shape index (κ1) is 22.9. The molecule has 2 aliphatic rings. The Morgan fingerprint density at radius 1 is 1.15 bits per heavy atom. The molecule has 34 heavy (non-hydrogen) atoms. The Hall–Kier alpha value is -2.82. The molecule has 0 radical (unpaired) electrons. The molecule has 11 heteroatoms. The third kappa shape index (κ3) is 4.57. The summed E-state index contributed by atoms with van der Waals surface area (Å²) in [5, 5.41) is 11.3. The number of hydrogen-bond acceptors (Lipinski definition) is 6. The smallest absolute Gasteiger partial charge is 0.285 e. The molecule has 180 valence electrons. The number of rotatable bonds is 6. The fourth-order valence-corrected chi connectivity index (χ4v) is 4.85. The average Bonchev–Trinajstić information content (AvgIpc) is 3.18. The van der Waals surface area contributed by atoms with Gasteiger partial charge in [-0.1, -0.05) is 35.9 Å². The highest BCUT2D eigenvalue weighted by Gasteiger charge is 2.28. The minimum atomic E-state index is -2.54. The predicted octanol–water partition coefficient (Wildman–Crippen LogP) is 3.00. The SMILES string of the molecule is O=c1[nH]ncc(N2CCc3c(c(CN4CCOCC4)nn3Cc3ccccc3C(F)F)C2)c1Cl. The highest BCUT2D eigenvalue weighted by Crippen LogP contribution is 2.31. The molecule has 0 bridgehead atoms. The van der Waals surface area contributed by atoms with Gasteiger partial charge >= 0.3 is 0 Å². The second-order valence-electron chi connectivity index (χ2n) is 8.49. The lowest BCUT2D eigenvalue weighted by Gasteiger charge is -2.31. The largest absolute Gasteiger partial charge is 0.379 e. The maximum Gasteiger partial charge on any atom is 0.285 e. The molecular weight excluding hydrogens is 466 g/mol. The molecular formula is C23H25ClF2N6O2. The van der Waals surface area contributed by atoms with Crippen molar-refractivity contribution < 1.29 is 13.5 Å². The van der Waals surface area contributed by atoms with Gasteiger partial charge in [-0.05, 0) is 5.56 Å². The van der Waals surface area contributed by atoms with E-state index in [4.69, 9.17) is 21.4 Å². The first-order valence-corrected chi connectivity index (χ1v) is 11.6. The van der Waals surface area contributed by atoms with Crippen LogP contribution in [-0.4, -0.2) is 57.7 Å². The van der Waals surface area contributed by atoms with Gasteiger partial charge in [0.05, 0.1) is 37.3 Å². The van der Waals surface area contributed by atoms with Gasteiger partial charge in [-0.2, -0.15) is 10.2 Å². The van der Waals surface area contributed by atoms with Gasteiger partial charge in [-0.25, -0.2) is 13.9 Å². The number of benzene rings is 1. The van der Waals surface area contributed by atoms with E-state index >= 15 is 0 Å². The third-order valence-corrected chi connectivity index (χ3v) is 6.79. The fourth-order valence-electron chi connectivity index (χ4n) is 4.64. The second-order valence-corrected chi connectivity index (χ2v) is 8.87. The van der Waals surface area contributed by atoms with Crippen LogP contribution in [0.3, 0.4) is 0 Å². The number of anilines is 1. The quantitative estimate of drug-likeness (QED) is 0.572. The summed E-state index contributed by atoms with van der Waals surface area (Å²) in [5.74, 6) is 0. The molecule has 1 N–H and O–H groups in total. The Kier molecular flexibility index (Phi) is 6.62. The lowest BCUT2D eigenvalue weighted by molar-refractivity contribution is 0.0334. The number of halogens is 3.